The van der Waals surface area contributed by atoms with Crippen LogP contribution in [0.15, 0.2) is 36.4 Å². The monoisotopic (exact) mass is 419 g/mol. The van der Waals surface area contributed by atoms with Gasteiger partial charge in [0.15, 0.2) is 0 Å². The fraction of sp³-hybridized carbons (Fsp3) is 0.655. The van der Waals surface area contributed by atoms with Gasteiger partial charge < -0.3 is 10.1 Å². The smallest absolute Gasteiger partial charge is 0.120 e. The first-order chi connectivity index (χ1) is 14.9. The van der Waals surface area contributed by atoms with E-state index < -0.39 is 0 Å². The van der Waals surface area contributed by atoms with Crippen molar-refractivity contribution in [3.05, 3.63) is 42.0 Å². The van der Waals surface area contributed by atoms with Crippen LogP contribution in [0.2, 0.25) is 0 Å². The number of nitrogens with one attached hydrogen (secondary N) is 1. The summed E-state index contributed by atoms with van der Waals surface area (Å²) in [5.74, 6) is 2.73. The molecule has 0 unspecified atom stereocenters. The fourth-order valence-corrected chi connectivity index (χ4v) is 6.45. The van der Waals surface area contributed by atoms with Crippen LogP contribution in [0.3, 0.4) is 0 Å². The molecule has 4 aliphatic rings. The predicted octanol–water partition coefficient (Wildman–Crippen LogP) is 7.64. The molecule has 4 aliphatic carbocycles. The Morgan fingerprint density at radius 1 is 0.871 bits per heavy atom. The number of ether oxygens (including phenoxy) is 1. The van der Waals surface area contributed by atoms with Gasteiger partial charge in [0, 0.05) is 12.1 Å². The second-order valence-electron chi connectivity index (χ2n) is 11.7. The molecule has 0 amide bonds. The summed E-state index contributed by atoms with van der Waals surface area (Å²) in [4.78, 5) is 0. The lowest BCUT2D eigenvalue weighted by molar-refractivity contribution is 0.0360. The average Bonchev–Trinajstić information content (AvgIpc) is 2.79. The van der Waals surface area contributed by atoms with Gasteiger partial charge in [0.25, 0.3) is 0 Å². The van der Waals surface area contributed by atoms with Gasteiger partial charge in [-0.15, -0.1) is 0 Å². The molecule has 31 heavy (non-hydrogen) atoms. The van der Waals surface area contributed by atoms with Gasteiger partial charge in [-0.1, -0.05) is 39.0 Å². The summed E-state index contributed by atoms with van der Waals surface area (Å²) in [6, 6.07) is 13.6. The van der Waals surface area contributed by atoms with Crippen molar-refractivity contribution in [2.24, 2.45) is 17.3 Å². The quantitative estimate of drug-likeness (QED) is 0.519. The SMILES string of the molecule is CC(C)C1CCC(Oc2ccc3cc(CNC45CCC(C)(CC4)CC5)ccc3c2)CC1. The first-order valence-corrected chi connectivity index (χ1v) is 12.9. The van der Waals surface area contributed by atoms with Gasteiger partial charge in [-0.05, 0) is 116 Å². The van der Waals surface area contributed by atoms with Crippen molar-refractivity contribution in [1.29, 1.82) is 0 Å². The van der Waals surface area contributed by atoms with E-state index in [1.165, 1.54) is 80.5 Å². The third-order valence-corrected chi connectivity index (χ3v) is 9.13. The van der Waals surface area contributed by atoms with Gasteiger partial charge >= 0.3 is 0 Å². The lowest BCUT2D eigenvalue weighted by Crippen LogP contribution is -2.53. The number of fused-ring (bicyclic) bond motifs is 4. The molecular formula is C29H41NO. The highest BCUT2D eigenvalue weighted by Crippen LogP contribution is 2.52. The molecule has 0 saturated heterocycles. The van der Waals surface area contributed by atoms with Crippen molar-refractivity contribution in [2.45, 2.75) is 103 Å². The van der Waals surface area contributed by atoms with Crippen molar-refractivity contribution in [3.63, 3.8) is 0 Å². The average molecular weight is 420 g/mol. The molecule has 168 valence electrons. The summed E-state index contributed by atoms with van der Waals surface area (Å²) in [5, 5.41) is 6.59. The lowest BCUT2D eigenvalue weighted by Gasteiger charge is -2.52. The Morgan fingerprint density at radius 3 is 2.19 bits per heavy atom. The van der Waals surface area contributed by atoms with Crippen molar-refractivity contribution in [2.75, 3.05) is 0 Å². The van der Waals surface area contributed by atoms with Crippen LogP contribution in [0.25, 0.3) is 10.8 Å². The lowest BCUT2D eigenvalue weighted by atomic mass is 9.58. The topological polar surface area (TPSA) is 21.3 Å². The molecule has 0 atom stereocenters. The molecule has 2 aromatic carbocycles. The molecule has 2 aromatic rings. The van der Waals surface area contributed by atoms with E-state index in [2.05, 4.69) is 62.5 Å². The summed E-state index contributed by atoms with van der Waals surface area (Å²) in [6.07, 6.45) is 13.7. The van der Waals surface area contributed by atoms with Gasteiger partial charge in [-0.2, -0.15) is 0 Å². The molecule has 1 N–H and O–H groups in total. The van der Waals surface area contributed by atoms with Crippen LogP contribution in [-0.2, 0) is 6.54 Å². The summed E-state index contributed by atoms with van der Waals surface area (Å²) >= 11 is 0. The Morgan fingerprint density at radius 2 is 1.52 bits per heavy atom. The summed E-state index contributed by atoms with van der Waals surface area (Å²) in [7, 11) is 0. The largest absolute Gasteiger partial charge is 0.490 e. The fourth-order valence-electron chi connectivity index (χ4n) is 6.45. The van der Waals surface area contributed by atoms with E-state index in [0.29, 0.717) is 17.1 Å². The molecule has 2 nitrogen and oxygen atoms in total. The Kier molecular flexibility index (Phi) is 5.79. The van der Waals surface area contributed by atoms with Crippen LogP contribution in [0.5, 0.6) is 5.75 Å². The van der Waals surface area contributed by atoms with Crippen LogP contribution < -0.4 is 10.1 Å². The van der Waals surface area contributed by atoms with E-state index in [1.807, 2.05) is 0 Å². The normalized spacial score (nSPS) is 33.2. The van der Waals surface area contributed by atoms with Gasteiger partial charge in [-0.25, -0.2) is 0 Å². The Bertz CT molecular complexity index is 884. The molecule has 6 rings (SSSR count). The third-order valence-electron chi connectivity index (χ3n) is 9.13. The van der Waals surface area contributed by atoms with E-state index in [9.17, 15) is 0 Å². The molecule has 2 heteroatoms. The third kappa shape index (κ3) is 4.65. The molecule has 0 aliphatic heterocycles. The van der Waals surface area contributed by atoms with Crippen LogP contribution in [0.1, 0.15) is 90.5 Å². The molecule has 0 spiro atoms. The Balaban J connectivity index is 1.19. The molecule has 4 fully saturated rings. The molecule has 0 heterocycles. The summed E-state index contributed by atoms with van der Waals surface area (Å²) < 4.78 is 6.38. The maximum absolute atomic E-state index is 6.38. The zero-order valence-corrected chi connectivity index (χ0v) is 19.9. The first kappa shape index (κ1) is 21.3. The van der Waals surface area contributed by atoms with E-state index in [1.54, 1.807) is 0 Å². The van der Waals surface area contributed by atoms with E-state index >= 15 is 0 Å². The molecule has 0 radical (unpaired) electrons. The van der Waals surface area contributed by atoms with Crippen molar-refractivity contribution in [1.82, 2.24) is 5.32 Å². The van der Waals surface area contributed by atoms with E-state index in [0.717, 1.165) is 24.1 Å². The van der Waals surface area contributed by atoms with Gasteiger partial charge in [0.2, 0.25) is 0 Å². The second kappa shape index (κ2) is 8.43. The van der Waals surface area contributed by atoms with Crippen LogP contribution in [0, 0.1) is 17.3 Å². The minimum atomic E-state index is 0.392. The molecular weight excluding hydrogens is 378 g/mol. The minimum absolute atomic E-state index is 0.392. The van der Waals surface area contributed by atoms with Crippen LogP contribution in [0.4, 0.5) is 0 Å². The number of hydrogen-bond donors (Lipinski definition) is 1. The van der Waals surface area contributed by atoms with E-state index in [-0.39, 0.29) is 0 Å². The standard InChI is InChI=1S/C29H41NO/c1-21(2)23-6-9-26(10-7-23)31-27-11-8-24-18-22(4-5-25(24)19-27)20-30-29-15-12-28(3,13-16-29)14-17-29/h4-5,8,11,18-19,21,23,26,30H,6-7,9-10,12-17,20H2,1-3H3. The Labute approximate surface area is 189 Å². The highest BCUT2D eigenvalue weighted by atomic mass is 16.5. The van der Waals surface area contributed by atoms with Crippen molar-refractivity contribution in [3.8, 4) is 5.75 Å². The van der Waals surface area contributed by atoms with Crippen molar-refractivity contribution >= 4 is 10.8 Å². The highest BCUT2D eigenvalue weighted by Gasteiger charge is 2.45. The highest BCUT2D eigenvalue weighted by molar-refractivity contribution is 5.84. The van der Waals surface area contributed by atoms with Crippen LogP contribution in [-0.4, -0.2) is 11.6 Å². The maximum Gasteiger partial charge on any atom is 0.120 e. The predicted molar refractivity (Wildman–Crippen MR) is 131 cm³/mol. The number of rotatable bonds is 6. The minimum Gasteiger partial charge on any atom is -0.490 e. The second-order valence-corrected chi connectivity index (χ2v) is 11.7. The first-order valence-electron chi connectivity index (χ1n) is 12.9. The zero-order chi connectivity index (χ0) is 21.5. The van der Waals surface area contributed by atoms with E-state index in [4.69, 9.17) is 4.74 Å². The zero-order valence-electron chi connectivity index (χ0n) is 19.9. The van der Waals surface area contributed by atoms with Crippen molar-refractivity contribution < 1.29 is 4.74 Å². The summed E-state index contributed by atoms with van der Waals surface area (Å²) in [6.45, 7) is 8.20. The number of benzene rings is 2. The molecule has 0 aromatic heterocycles. The van der Waals surface area contributed by atoms with Gasteiger partial charge in [0.1, 0.15) is 5.75 Å². The molecule has 2 bridgehead atoms. The number of hydrogen-bond acceptors (Lipinski definition) is 2. The van der Waals surface area contributed by atoms with Gasteiger partial charge in [-0.3, -0.25) is 0 Å². The molecule has 4 saturated carbocycles. The summed E-state index contributed by atoms with van der Waals surface area (Å²) in [5.41, 5.74) is 2.44. The maximum atomic E-state index is 6.38. The van der Waals surface area contributed by atoms with Gasteiger partial charge in [0.05, 0.1) is 6.10 Å². The Hall–Kier alpha value is -1.54. The van der Waals surface area contributed by atoms with Crippen LogP contribution >= 0.6 is 0 Å².